The fraction of sp³-hybridized carbons (Fsp3) is 0.286. The van der Waals surface area contributed by atoms with E-state index < -0.39 is 0 Å². The summed E-state index contributed by atoms with van der Waals surface area (Å²) in [5.41, 5.74) is 1.59. The fourth-order valence-electron chi connectivity index (χ4n) is 1.88. The van der Waals surface area contributed by atoms with E-state index in [0.717, 1.165) is 28.1 Å². The predicted octanol–water partition coefficient (Wildman–Crippen LogP) is 2.79. The van der Waals surface area contributed by atoms with Crippen LogP contribution in [0.15, 0.2) is 39.7 Å². The van der Waals surface area contributed by atoms with Crippen LogP contribution in [0.25, 0.3) is 0 Å². The molecule has 0 saturated heterocycles. The van der Waals surface area contributed by atoms with Crippen LogP contribution in [0.5, 0.6) is 0 Å². The van der Waals surface area contributed by atoms with Crippen molar-refractivity contribution in [2.75, 3.05) is 11.9 Å². The molecule has 0 atom stereocenters. The van der Waals surface area contributed by atoms with Crippen molar-refractivity contribution in [1.82, 2.24) is 9.55 Å². The summed E-state index contributed by atoms with van der Waals surface area (Å²) in [4.78, 5) is 16.5. The van der Waals surface area contributed by atoms with Gasteiger partial charge in [0.2, 0.25) is 0 Å². The Morgan fingerprint density at radius 3 is 2.95 bits per heavy atom. The van der Waals surface area contributed by atoms with E-state index in [-0.39, 0.29) is 5.56 Å². The van der Waals surface area contributed by atoms with Crippen molar-refractivity contribution >= 4 is 21.7 Å². The number of hydrogen-bond donors (Lipinski definition) is 1. The van der Waals surface area contributed by atoms with E-state index in [1.54, 1.807) is 10.8 Å². The number of hydrogen-bond acceptors (Lipinski definition) is 3. The number of aromatic nitrogens is 2. The molecule has 5 heteroatoms. The van der Waals surface area contributed by atoms with Crippen molar-refractivity contribution < 1.29 is 0 Å². The highest BCUT2D eigenvalue weighted by molar-refractivity contribution is 9.10. The van der Waals surface area contributed by atoms with Crippen molar-refractivity contribution in [3.05, 3.63) is 56.5 Å². The van der Waals surface area contributed by atoms with Crippen molar-refractivity contribution in [2.45, 2.75) is 20.4 Å². The highest BCUT2D eigenvalue weighted by atomic mass is 79.9. The van der Waals surface area contributed by atoms with Gasteiger partial charge in [-0.2, -0.15) is 0 Å². The molecule has 0 amide bonds. The molecule has 1 N–H and O–H groups in total. The molecular formula is C14H16BrN3O. The zero-order chi connectivity index (χ0) is 13.8. The standard InChI is InChI=1S/C14H16BrN3O/c1-3-16-13-6-4-5-12(17-13)9-18-8-11(15)7-10(2)14(18)19/h4-8H,3,9H2,1-2H3,(H,16,17). The SMILES string of the molecule is CCNc1cccc(Cn2cc(Br)cc(C)c2=O)n1. The molecule has 0 radical (unpaired) electrons. The van der Waals surface area contributed by atoms with Gasteiger partial charge in [-0.3, -0.25) is 4.79 Å². The van der Waals surface area contributed by atoms with Gasteiger partial charge in [-0.25, -0.2) is 4.98 Å². The first-order chi connectivity index (χ1) is 9.10. The minimum Gasteiger partial charge on any atom is -0.370 e. The molecule has 2 aromatic rings. The van der Waals surface area contributed by atoms with Crippen LogP contribution in [0.4, 0.5) is 5.82 Å². The monoisotopic (exact) mass is 321 g/mol. The highest BCUT2D eigenvalue weighted by Gasteiger charge is 2.04. The van der Waals surface area contributed by atoms with Gasteiger partial charge < -0.3 is 9.88 Å². The van der Waals surface area contributed by atoms with Crippen LogP contribution in [0.3, 0.4) is 0 Å². The van der Waals surface area contributed by atoms with Crippen LogP contribution in [0.1, 0.15) is 18.2 Å². The summed E-state index contributed by atoms with van der Waals surface area (Å²) in [5.74, 6) is 0.833. The van der Waals surface area contributed by atoms with Gasteiger partial charge in [0.15, 0.2) is 0 Å². The van der Waals surface area contributed by atoms with Gasteiger partial charge >= 0.3 is 0 Å². The van der Waals surface area contributed by atoms with E-state index in [1.165, 1.54) is 0 Å². The van der Waals surface area contributed by atoms with E-state index in [1.807, 2.05) is 38.1 Å². The molecule has 4 nitrogen and oxygen atoms in total. The molecular weight excluding hydrogens is 306 g/mol. The smallest absolute Gasteiger partial charge is 0.253 e. The average Bonchev–Trinajstić information content (AvgIpc) is 2.36. The van der Waals surface area contributed by atoms with Gasteiger partial charge in [0.1, 0.15) is 5.82 Å². The molecule has 0 unspecified atom stereocenters. The summed E-state index contributed by atoms with van der Waals surface area (Å²) in [5, 5.41) is 3.16. The zero-order valence-corrected chi connectivity index (χ0v) is 12.6. The molecule has 0 aromatic carbocycles. The second-order valence-corrected chi connectivity index (χ2v) is 5.23. The number of nitrogens with zero attached hydrogens (tertiary/aromatic N) is 2. The van der Waals surface area contributed by atoms with Crippen LogP contribution >= 0.6 is 15.9 Å². The molecule has 0 aliphatic heterocycles. The predicted molar refractivity (Wildman–Crippen MR) is 80.6 cm³/mol. The molecule has 0 bridgehead atoms. The lowest BCUT2D eigenvalue weighted by atomic mass is 10.3. The molecule has 0 fully saturated rings. The maximum Gasteiger partial charge on any atom is 0.253 e. The number of halogens is 1. The van der Waals surface area contributed by atoms with E-state index in [2.05, 4.69) is 26.2 Å². The summed E-state index contributed by atoms with van der Waals surface area (Å²) < 4.78 is 2.56. The Morgan fingerprint density at radius 1 is 1.42 bits per heavy atom. The quantitative estimate of drug-likeness (QED) is 0.941. The molecule has 2 heterocycles. The van der Waals surface area contributed by atoms with Crippen LogP contribution in [0, 0.1) is 6.92 Å². The molecule has 2 aromatic heterocycles. The molecule has 19 heavy (non-hydrogen) atoms. The summed E-state index contributed by atoms with van der Waals surface area (Å²) in [6.07, 6.45) is 1.79. The third-order valence-electron chi connectivity index (χ3n) is 2.73. The largest absolute Gasteiger partial charge is 0.370 e. The van der Waals surface area contributed by atoms with Crippen molar-refractivity contribution in [3.8, 4) is 0 Å². The first-order valence-electron chi connectivity index (χ1n) is 6.16. The van der Waals surface area contributed by atoms with E-state index in [4.69, 9.17) is 0 Å². The Hall–Kier alpha value is -1.62. The third-order valence-corrected chi connectivity index (χ3v) is 3.16. The topological polar surface area (TPSA) is 46.9 Å². The molecule has 0 aliphatic rings. The van der Waals surface area contributed by atoms with Crippen LogP contribution in [0.2, 0.25) is 0 Å². The van der Waals surface area contributed by atoms with Gasteiger partial charge in [-0.05, 0) is 48.0 Å². The number of pyridine rings is 2. The zero-order valence-electron chi connectivity index (χ0n) is 11.0. The van der Waals surface area contributed by atoms with Gasteiger partial charge in [0.25, 0.3) is 5.56 Å². The number of anilines is 1. The average molecular weight is 322 g/mol. The first kappa shape index (κ1) is 13.8. The highest BCUT2D eigenvalue weighted by Crippen LogP contribution is 2.10. The van der Waals surface area contributed by atoms with Crippen LogP contribution in [-0.2, 0) is 6.54 Å². The number of nitrogens with one attached hydrogen (secondary N) is 1. The fourth-order valence-corrected chi connectivity index (χ4v) is 2.47. The van der Waals surface area contributed by atoms with Gasteiger partial charge in [-0.1, -0.05) is 6.07 Å². The normalized spacial score (nSPS) is 10.5. The number of aryl methyl sites for hydroxylation is 1. The second-order valence-electron chi connectivity index (χ2n) is 4.32. The second kappa shape index (κ2) is 6.02. The van der Waals surface area contributed by atoms with E-state index in [0.29, 0.717) is 6.54 Å². The van der Waals surface area contributed by atoms with Gasteiger partial charge in [-0.15, -0.1) is 0 Å². The molecule has 0 spiro atoms. The van der Waals surface area contributed by atoms with Crippen LogP contribution < -0.4 is 10.9 Å². The lowest BCUT2D eigenvalue weighted by molar-refractivity contribution is 0.731. The molecule has 2 rings (SSSR count). The Balaban J connectivity index is 2.31. The maximum atomic E-state index is 12.0. The summed E-state index contributed by atoms with van der Waals surface area (Å²) in [6.45, 7) is 5.13. The third kappa shape index (κ3) is 3.44. The van der Waals surface area contributed by atoms with Gasteiger partial charge in [0, 0.05) is 22.8 Å². The minimum absolute atomic E-state index is 0.0128. The van der Waals surface area contributed by atoms with Crippen molar-refractivity contribution in [2.24, 2.45) is 0 Å². The Morgan fingerprint density at radius 2 is 2.21 bits per heavy atom. The van der Waals surface area contributed by atoms with E-state index in [9.17, 15) is 4.79 Å². The summed E-state index contributed by atoms with van der Waals surface area (Å²) >= 11 is 3.41. The lowest BCUT2D eigenvalue weighted by Gasteiger charge is -2.09. The Labute approximate surface area is 120 Å². The van der Waals surface area contributed by atoms with Crippen molar-refractivity contribution in [1.29, 1.82) is 0 Å². The molecule has 0 aliphatic carbocycles. The van der Waals surface area contributed by atoms with E-state index >= 15 is 0 Å². The Bertz CT molecular complexity index is 637. The molecule has 0 saturated carbocycles. The van der Waals surface area contributed by atoms with Gasteiger partial charge in [0.05, 0.1) is 12.2 Å². The summed E-state index contributed by atoms with van der Waals surface area (Å²) in [7, 11) is 0. The van der Waals surface area contributed by atoms with Crippen LogP contribution in [-0.4, -0.2) is 16.1 Å². The number of rotatable bonds is 4. The first-order valence-corrected chi connectivity index (χ1v) is 6.96. The summed E-state index contributed by atoms with van der Waals surface area (Å²) in [6, 6.07) is 7.60. The Kier molecular flexibility index (Phi) is 4.37. The lowest BCUT2D eigenvalue weighted by Crippen LogP contribution is -2.22. The molecule has 100 valence electrons. The van der Waals surface area contributed by atoms with Crippen molar-refractivity contribution in [3.63, 3.8) is 0 Å². The maximum absolute atomic E-state index is 12.0. The minimum atomic E-state index is 0.0128.